The first-order chi connectivity index (χ1) is 12.1. The number of ether oxygens (including phenoxy) is 3. The molecule has 6 nitrogen and oxygen atoms in total. The van der Waals surface area contributed by atoms with Gasteiger partial charge in [0.15, 0.2) is 11.5 Å². The smallest absolute Gasteiger partial charge is 0.240 e. The van der Waals surface area contributed by atoms with Gasteiger partial charge in [0.05, 0.1) is 17.6 Å². The van der Waals surface area contributed by atoms with E-state index in [0.29, 0.717) is 37.7 Å². The van der Waals surface area contributed by atoms with Crippen LogP contribution in [-0.4, -0.2) is 34.3 Å². The van der Waals surface area contributed by atoms with Crippen LogP contribution in [0.25, 0.3) is 0 Å². The molecule has 0 aromatic heterocycles. The molecular formula is C18H19NO5S. The van der Waals surface area contributed by atoms with Crippen LogP contribution in [0.15, 0.2) is 47.4 Å². The standard InChI is InChI=1S/C18H19NO5S/c20-25(21,16-5-6-17-18(10-16)23-8-7-22-17)19-11-15-9-13-3-1-2-4-14(13)12-24-15/h1-6,10,15,19H,7-9,11-12H2/t15-/m0/s1. The van der Waals surface area contributed by atoms with E-state index in [4.69, 9.17) is 14.2 Å². The van der Waals surface area contributed by atoms with E-state index in [1.807, 2.05) is 18.2 Å². The highest BCUT2D eigenvalue weighted by molar-refractivity contribution is 7.89. The first-order valence-corrected chi connectivity index (χ1v) is 9.68. The minimum Gasteiger partial charge on any atom is -0.486 e. The predicted octanol–water partition coefficient (Wildman–Crippen LogP) is 1.88. The van der Waals surface area contributed by atoms with Gasteiger partial charge in [0.2, 0.25) is 10.0 Å². The molecule has 0 radical (unpaired) electrons. The fourth-order valence-corrected chi connectivity index (χ4v) is 4.10. The number of benzene rings is 2. The van der Waals surface area contributed by atoms with Crippen LogP contribution in [0, 0.1) is 0 Å². The molecule has 0 amide bonds. The van der Waals surface area contributed by atoms with Crippen molar-refractivity contribution in [1.29, 1.82) is 0 Å². The van der Waals surface area contributed by atoms with Gasteiger partial charge in [-0.15, -0.1) is 0 Å². The molecule has 2 aromatic carbocycles. The van der Waals surface area contributed by atoms with Crippen molar-refractivity contribution in [2.75, 3.05) is 19.8 Å². The van der Waals surface area contributed by atoms with Gasteiger partial charge >= 0.3 is 0 Å². The zero-order valence-corrected chi connectivity index (χ0v) is 14.4. The Balaban J connectivity index is 1.44. The van der Waals surface area contributed by atoms with E-state index >= 15 is 0 Å². The summed E-state index contributed by atoms with van der Waals surface area (Å²) in [6.07, 6.45) is 0.515. The molecule has 132 valence electrons. The van der Waals surface area contributed by atoms with Gasteiger partial charge in [-0.2, -0.15) is 0 Å². The Bertz CT molecular complexity index is 881. The van der Waals surface area contributed by atoms with Crippen molar-refractivity contribution >= 4 is 10.0 Å². The van der Waals surface area contributed by atoms with Crippen LogP contribution in [0.1, 0.15) is 11.1 Å². The summed E-state index contributed by atoms with van der Waals surface area (Å²) in [5, 5.41) is 0. The van der Waals surface area contributed by atoms with Crippen LogP contribution >= 0.6 is 0 Å². The van der Waals surface area contributed by atoms with Gasteiger partial charge in [-0.05, 0) is 23.3 Å². The van der Waals surface area contributed by atoms with Crippen molar-refractivity contribution in [1.82, 2.24) is 4.72 Å². The van der Waals surface area contributed by atoms with Crippen LogP contribution in [0.4, 0.5) is 0 Å². The predicted molar refractivity (Wildman–Crippen MR) is 91.3 cm³/mol. The lowest BCUT2D eigenvalue weighted by Gasteiger charge is -2.25. The molecule has 0 bridgehead atoms. The molecule has 1 N–H and O–H groups in total. The summed E-state index contributed by atoms with van der Waals surface area (Å²) in [6.45, 7) is 1.62. The first kappa shape index (κ1) is 16.4. The third-order valence-corrected chi connectivity index (χ3v) is 5.79. The van der Waals surface area contributed by atoms with Gasteiger partial charge in [0.25, 0.3) is 0 Å². The maximum Gasteiger partial charge on any atom is 0.240 e. The maximum atomic E-state index is 12.5. The maximum absolute atomic E-state index is 12.5. The Hall–Kier alpha value is -2.09. The van der Waals surface area contributed by atoms with Crippen molar-refractivity contribution in [2.45, 2.75) is 24.0 Å². The highest BCUT2D eigenvalue weighted by atomic mass is 32.2. The monoisotopic (exact) mass is 361 g/mol. The second-order valence-corrected chi connectivity index (χ2v) is 7.83. The van der Waals surface area contributed by atoms with E-state index in [0.717, 1.165) is 5.56 Å². The van der Waals surface area contributed by atoms with Gasteiger partial charge in [0.1, 0.15) is 13.2 Å². The average Bonchev–Trinajstić information content (AvgIpc) is 2.66. The molecular weight excluding hydrogens is 342 g/mol. The van der Waals surface area contributed by atoms with Crippen LogP contribution in [0.2, 0.25) is 0 Å². The van der Waals surface area contributed by atoms with Gasteiger partial charge in [-0.1, -0.05) is 24.3 Å². The second kappa shape index (κ2) is 6.67. The summed E-state index contributed by atoms with van der Waals surface area (Å²) in [4.78, 5) is 0.160. The second-order valence-electron chi connectivity index (χ2n) is 6.06. The number of sulfonamides is 1. The van der Waals surface area contributed by atoms with Crippen LogP contribution < -0.4 is 14.2 Å². The minimum absolute atomic E-state index is 0.160. The molecule has 2 aliphatic rings. The van der Waals surface area contributed by atoms with Gasteiger partial charge in [-0.3, -0.25) is 0 Å². The molecule has 0 saturated heterocycles. The summed E-state index contributed by atoms with van der Waals surface area (Å²) < 4.78 is 44.3. The van der Waals surface area contributed by atoms with Crippen molar-refractivity contribution < 1.29 is 22.6 Å². The molecule has 2 aliphatic heterocycles. The Morgan fingerprint density at radius 2 is 1.76 bits per heavy atom. The number of nitrogens with one attached hydrogen (secondary N) is 1. The van der Waals surface area contributed by atoms with Crippen molar-refractivity contribution in [2.24, 2.45) is 0 Å². The zero-order valence-electron chi connectivity index (χ0n) is 13.6. The Morgan fingerprint density at radius 1 is 1.00 bits per heavy atom. The van der Waals surface area contributed by atoms with E-state index in [9.17, 15) is 8.42 Å². The lowest BCUT2D eigenvalue weighted by Crippen LogP contribution is -2.36. The van der Waals surface area contributed by atoms with Gasteiger partial charge < -0.3 is 14.2 Å². The fraction of sp³-hybridized carbons (Fsp3) is 0.333. The first-order valence-electron chi connectivity index (χ1n) is 8.19. The number of fused-ring (bicyclic) bond motifs is 2. The number of hydrogen-bond acceptors (Lipinski definition) is 5. The molecule has 7 heteroatoms. The third-order valence-electron chi connectivity index (χ3n) is 4.37. The van der Waals surface area contributed by atoms with Crippen molar-refractivity contribution in [3.8, 4) is 11.5 Å². The summed E-state index contributed by atoms with van der Waals surface area (Å²) in [5.74, 6) is 1.02. The molecule has 0 fully saturated rings. The Morgan fingerprint density at radius 3 is 2.60 bits per heavy atom. The topological polar surface area (TPSA) is 73.9 Å². The molecule has 2 aromatic rings. The molecule has 25 heavy (non-hydrogen) atoms. The normalized spacial score (nSPS) is 19.3. The average molecular weight is 361 g/mol. The fourth-order valence-electron chi connectivity index (χ4n) is 3.02. The molecule has 0 aliphatic carbocycles. The number of hydrogen-bond donors (Lipinski definition) is 1. The van der Waals surface area contributed by atoms with E-state index < -0.39 is 10.0 Å². The van der Waals surface area contributed by atoms with Crippen LogP contribution in [0.3, 0.4) is 0 Å². The van der Waals surface area contributed by atoms with Crippen LogP contribution in [0.5, 0.6) is 11.5 Å². The van der Waals surface area contributed by atoms with Crippen LogP contribution in [-0.2, 0) is 27.8 Å². The highest BCUT2D eigenvalue weighted by Crippen LogP contribution is 2.32. The third kappa shape index (κ3) is 3.49. The molecule has 0 saturated carbocycles. The summed E-state index contributed by atoms with van der Waals surface area (Å²) in [5.41, 5.74) is 2.37. The summed E-state index contributed by atoms with van der Waals surface area (Å²) in [7, 11) is -3.64. The van der Waals surface area contributed by atoms with Gasteiger partial charge in [-0.25, -0.2) is 13.1 Å². The van der Waals surface area contributed by atoms with Crippen molar-refractivity contribution in [3.05, 3.63) is 53.6 Å². The molecule has 1 atom stereocenters. The number of rotatable bonds is 4. The van der Waals surface area contributed by atoms with E-state index in [1.54, 1.807) is 6.07 Å². The van der Waals surface area contributed by atoms with Gasteiger partial charge in [0, 0.05) is 19.0 Å². The lowest BCUT2D eigenvalue weighted by molar-refractivity contribution is 0.0322. The molecule has 4 rings (SSSR count). The largest absolute Gasteiger partial charge is 0.486 e. The van der Waals surface area contributed by atoms with E-state index in [2.05, 4.69) is 10.8 Å². The molecule has 2 heterocycles. The Kier molecular flexibility index (Phi) is 4.37. The highest BCUT2D eigenvalue weighted by Gasteiger charge is 2.23. The summed E-state index contributed by atoms with van der Waals surface area (Å²) >= 11 is 0. The SMILES string of the molecule is O=S(=O)(NC[C@@H]1Cc2ccccc2CO1)c1ccc2c(c1)OCCO2. The van der Waals surface area contributed by atoms with E-state index in [-0.39, 0.29) is 17.5 Å². The summed E-state index contributed by atoms with van der Waals surface area (Å²) in [6, 6.07) is 12.7. The Labute approximate surface area is 146 Å². The van der Waals surface area contributed by atoms with Crippen molar-refractivity contribution in [3.63, 3.8) is 0 Å². The minimum atomic E-state index is -3.64. The molecule has 0 unspecified atom stereocenters. The molecule has 0 spiro atoms. The zero-order chi connectivity index (χ0) is 17.3. The lowest BCUT2D eigenvalue weighted by atomic mass is 9.99. The quantitative estimate of drug-likeness (QED) is 0.900. The van der Waals surface area contributed by atoms with E-state index in [1.165, 1.54) is 17.7 Å².